The molecule has 3 nitrogen and oxygen atoms in total. The lowest BCUT2D eigenvalue weighted by Gasteiger charge is -2.29. The fourth-order valence-corrected chi connectivity index (χ4v) is 3.72. The molecule has 3 rings (SSSR count). The Balaban J connectivity index is 1.82. The van der Waals surface area contributed by atoms with Crippen molar-refractivity contribution in [3.05, 3.63) is 62.8 Å². The number of anilines is 1. The highest BCUT2D eigenvalue weighted by Crippen LogP contribution is 2.27. The van der Waals surface area contributed by atoms with Gasteiger partial charge in [-0.3, -0.25) is 0 Å². The van der Waals surface area contributed by atoms with E-state index in [0.29, 0.717) is 38.0 Å². The van der Waals surface area contributed by atoms with Crippen LogP contribution in [0.3, 0.4) is 0 Å². The largest absolute Gasteiger partial charge is 0.376 e. The van der Waals surface area contributed by atoms with Crippen LogP contribution in [0.4, 0.5) is 10.1 Å². The summed E-state index contributed by atoms with van der Waals surface area (Å²) in [7, 11) is 0. The van der Waals surface area contributed by atoms with E-state index in [0.717, 1.165) is 19.4 Å². The highest BCUT2D eigenvalue weighted by atomic mass is 35.5. The summed E-state index contributed by atoms with van der Waals surface area (Å²) in [5.74, 6) is -0.372. The zero-order valence-electron chi connectivity index (χ0n) is 14.4. The molecule has 0 radical (unpaired) electrons. The molecule has 0 unspecified atom stereocenters. The summed E-state index contributed by atoms with van der Waals surface area (Å²) in [6, 6.07) is 9.70. The molecular weight excluding hydrogens is 430 g/mol. The topological polar surface area (TPSA) is 24.5 Å². The first-order valence-corrected chi connectivity index (χ1v) is 10.0. The molecule has 0 spiro atoms. The Morgan fingerprint density at radius 2 is 2.04 bits per heavy atom. The van der Waals surface area contributed by atoms with Crippen LogP contribution in [-0.4, -0.2) is 29.3 Å². The van der Waals surface area contributed by atoms with Crippen LogP contribution in [0.2, 0.25) is 15.1 Å². The summed E-state index contributed by atoms with van der Waals surface area (Å²) >= 11 is 24.0. The van der Waals surface area contributed by atoms with Gasteiger partial charge in [0.05, 0.1) is 16.8 Å². The van der Waals surface area contributed by atoms with Crippen LogP contribution in [-0.2, 0) is 11.3 Å². The Kier molecular flexibility index (Phi) is 7.17. The van der Waals surface area contributed by atoms with Crippen LogP contribution in [0.25, 0.3) is 0 Å². The molecule has 1 heterocycles. The van der Waals surface area contributed by atoms with E-state index in [4.69, 9.17) is 51.8 Å². The summed E-state index contributed by atoms with van der Waals surface area (Å²) in [6.07, 6.45) is 1.96. The molecule has 1 atom stereocenters. The maximum Gasteiger partial charge on any atom is 0.173 e. The quantitative estimate of drug-likeness (QED) is 0.554. The summed E-state index contributed by atoms with van der Waals surface area (Å²) in [5.41, 5.74) is 0.977. The van der Waals surface area contributed by atoms with E-state index in [1.54, 1.807) is 30.3 Å². The number of rotatable bonds is 5. The molecule has 0 amide bonds. The lowest BCUT2D eigenvalue weighted by Crippen LogP contribution is -2.39. The van der Waals surface area contributed by atoms with Gasteiger partial charge in [0, 0.05) is 35.3 Å². The third-order valence-corrected chi connectivity index (χ3v) is 5.59. The number of hydrogen-bond donors (Lipinski definition) is 1. The zero-order valence-corrected chi connectivity index (χ0v) is 17.4. The van der Waals surface area contributed by atoms with Crippen molar-refractivity contribution >= 4 is 57.8 Å². The lowest BCUT2D eigenvalue weighted by atomic mass is 10.1. The van der Waals surface area contributed by atoms with Crippen molar-refractivity contribution in [3.63, 3.8) is 0 Å². The Morgan fingerprint density at radius 3 is 2.74 bits per heavy atom. The van der Waals surface area contributed by atoms with Crippen LogP contribution >= 0.6 is 47.0 Å². The first kappa shape index (κ1) is 20.6. The Morgan fingerprint density at radius 1 is 1.22 bits per heavy atom. The van der Waals surface area contributed by atoms with Crippen molar-refractivity contribution in [2.75, 3.05) is 18.5 Å². The molecule has 0 aromatic heterocycles. The molecule has 0 bridgehead atoms. The van der Waals surface area contributed by atoms with Gasteiger partial charge in [-0.2, -0.15) is 0 Å². The number of benzene rings is 2. The lowest BCUT2D eigenvalue weighted by molar-refractivity contribution is 0.0903. The average Bonchev–Trinajstić information content (AvgIpc) is 3.13. The number of halogens is 4. The van der Waals surface area contributed by atoms with Crippen LogP contribution in [0.15, 0.2) is 36.4 Å². The van der Waals surface area contributed by atoms with Crippen LogP contribution in [0.5, 0.6) is 0 Å². The van der Waals surface area contributed by atoms with Gasteiger partial charge in [0.25, 0.3) is 0 Å². The van der Waals surface area contributed by atoms with Gasteiger partial charge < -0.3 is 15.0 Å². The predicted molar refractivity (Wildman–Crippen MR) is 113 cm³/mol. The van der Waals surface area contributed by atoms with E-state index in [1.165, 1.54) is 6.07 Å². The molecule has 1 saturated heterocycles. The van der Waals surface area contributed by atoms with Gasteiger partial charge in [-0.15, -0.1) is 0 Å². The fourth-order valence-electron chi connectivity index (χ4n) is 2.92. The van der Waals surface area contributed by atoms with Gasteiger partial charge in [-0.1, -0.05) is 40.9 Å². The van der Waals surface area contributed by atoms with Gasteiger partial charge in [0.1, 0.15) is 5.82 Å². The highest BCUT2D eigenvalue weighted by Gasteiger charge is 2.23. The summed E-state index contributed by atoms with van der Waals surface area (Å²) in [5, 5.41) is 4.88. The smallest absolute Gasteiger partial charge is 0.173 e. The van der Waals surface area contributed by atoms with E-state index in [1.807, 2.05) is 4.90 Å². The van der Waals surface area contributed by atoms with Crippen molar-refractivity contribution in [1.29, 1.82) is 0 Å². The van der Waals surface area contributed by atoms with E-state index < -0.39 is 0 Å². The van der Waals surface area contributed by atoms with Gasteiger partial charge in [0.15, 0.2) is 5.11 Å². The van der Waals surface area contributed by atoms with Gasteiger partial charge in [-0.25, -0.2) is 4.39 Å². The van der Waals surface area contributed by atoms with Gasteiger partial charge in [0.2, 0.25) is 0 Å². The first-order chi connectivity index (χ1) is 12.9. The van der Waals surface area contributed by atoms with Crippen LogP contribution in [0.1, 0.15) is 18.4 Å². The van der Waals surface area contributed by atoms with Crippen molar-refractivity contribution in [2.24, 2.45) is 0 Å². The van der Waals surface area contributed by atoms with E-state index in [9.17, 15) is 4.39 Å². The minimum Gasteiger partial charge on any atom is -0.376 e. The first-order valence-electron chi connectivity index (χ1n) is 8.49. The third-order valence-electron chi connectivity index (χ3n) is 4.32. The molecular formula is C19H18Cl3FN2OS. The molecule has 1 fully saturated rings. The predicted octanol–water partition coefficient (Wildman–Crippen LogP) is 6.16. The Labute approximate surface area is 178 Å². The molecule has 0 saturated carbocycles. The summed E-state index contributed by atoms with van der Waals surface area (Å²) < 4.78 is 20.0. The molecule has 8 heteroatoms. The van der Waals surface area contributed by atoms with Crippen molar-refractivity contribution in [3.8, 4) is 0 Å². The molecule has 2 aromatic rings. The van der Waals surface area contributed by atoms with E-state index in [-0.39, 0.29) is 18.5 Å². The summed E-state index contributed by atoms with van der Waals surface area (Å²) in [6.45, 7) is 1.46. The molecule has 27 heavy (non-hydrogen) atoms. The standard InChI is InChI=1S/C19H18Cl3FN2OS/c20-12-6-7-16(22)18(9-12)24-19(27)25(10-13-3-2-8-26-13)11-14-15(21)4-1-5-17(14)23/h1,4-7,9,13H,2-3,8,10-11H2,(H,24,27)/t13-/m0/s1. The second-order valence-electron chi connectivity index (χ2n) is 6.27. The average molecular weight is 448 g/mol. The number of thiocarbonyl (C=S) groups is 1. The number of ether oxygens (including phenoxy) is 1. The number of hydrogen-bond acceptors (Lipinski definition) is 2. The Bertz CT molecular complexity index is 810. The Hall–Kier alpha value is -1.11. The highest BCUT2D eigenvalue weighted by molar-refractivity contribution is 7.80. The second kappa shape index (κ2) is 9.39. The zero-order chi connectivity index (χ0) is 19.4. The van der Waals surface area contributed by atoms with Crippen LogP contribution < -0.4 is 5.32 Å². The van der Waals surface area contributed by atoms with Crippen molar-refractivity contribution in [2.45, 2.75) is 25.5 Å². The normalized spacial score (nSPS) is 16.4. The van der Waals surface area contributed by atoms with Gasteiger partial charge in [-0.05, 0) is 55.4 Å². The third kappa shape index (κ3) is 5.46. The summed E-state index contributed by atoms with van der Waals surface area (Å²) in [4.78, 5) is 1.84. The molecule has 1 aliphatic rings. The van der Waals surface area contributed by atoms with E-state index >= 15 is 0 Å². The number of nitrogens with zero attached hydrogens (tertiary/aromatic N) is 1. The van der Waals surface area contributed by atoms with Crippen molar-refractivity contribution in [1.82, 2.24) is 4.90 Å². The minimum absolute atomic E-state index is 0.0325. The molecule has 0 aliphatic carbocycles. The van der Waals surface area contributed by atoms with Crippen molar-refractivity contribution < 1.29 is 9.13 Å². The molecule has 2 aromatic carbocycles. The van der Waals surface area contributed by atoms with E-state index in [2.05, 4.69) is 5.32 Å². The van der Waals surface area contributed by atoms with Crippen LogP contribution in [0, 0.1) is 5.82 Å². The van der Waals surface area contributed by atoms with Gasteiger partial charge >= 0.3 is 0 Å². The second-order valence-corrected chi connectivity index (χ2v) is 7.91. The molecule has 1 N–H and O–H groups in total. The monoisotopic (exact) mass is 446 g/mol. The molecule has 144 valence electrons. The maximum absolute atomic E-state index is 14.3. The number of nitrogens with one attached hydrogen (secondary N) is 1. The SMILES string of the molecule is Fc1cccc(Cl)c1CN(C[C@@H]1CCCO1)C(=S)Nc1cc(Cl)ccc1Cl. The maximum atomic E-state index is 14.3. The molecule has 1 aliphatic heterocycles. The minimum atomic E-state index is -0.372. The fraction of sp³-hybridized carbons (Fsp3) is 0.316.